The van der Waals surface area contributed by atoms with Gasteiger partial charge in [0, 0.05) is 0 Å². The first-order chi connectivity index (χ1) is 19.2. The Labute approximate surface area is 247 Å². The summed E-state index contributed by atoms with van der Waals surface area (Å²) >= 11 is 0. The highest BCUT2D eigenvalue weighted by molar-refractivity contribution is 7.85. The molecule has 6 nitrogen and oxygen atoms in total. The van der Waals surface area contributed by atoms with Gasteiger partial charge in [0.25, 0.3) is 0 Å². The molecule has 0 aliphatic heterocycles. The molecule has 236 valence electrons. The molecule has 0 amide bonds. The molecule has 0 atom stereocenters. The van der Waals surface area contributed by atoms with Crippen LogP contribution in [0.2, 0.25) is 0 Å². The van der Waals surface area contributed by atoms with Gasteiger partial charge in [-0.1, -0.05) is 134 Å². The van der Waals surface area contributed by atoms with Crippen LogP contribution in [0.4, 0.5) is 0 Å². The van der Waals surface area contributed by atoms with E-state index in [1.807, 2.05) is 6.92 Å². The predicted molar refractivity (Wildman–Crippen MR) is 167 cm³/mol. The minimum Gasteiger partial charge on any atom is -0.744 e. The summed E-state index contributed by atoms with van der Waals surface area (Å²) in [5.41, 5.74) is 0.928. The molecule has 0 spiro atoms. The van der Waals surface area contributed by atoms with Crippen molar-refractivity contribution in [1.82, 2.24) is 0 Å². The first-order valence-electron chi connectivity index (χ1n) is 16.4. The number of quaternary nitrogens is 1. The molecular weight excluding hydrogens is 522 g/mol. The van der Waals surface area contributed by atoms with E-state index >= 15 is 0 Å². The number of benzene rings is 1. The average molecular weight is 586 g/mol. The number of aliphatic hydroxyl groups is 2. The van der Waals surface area contributed by atoms with Crippen molar-refractivity contribution in [3.05, 3.63) is 29.8 Å². The number of unbranched alkanes of at least 4 members (excludes halogenated alkanes) is 18. The molecule has 7 heteroatoms. The highest BCUT2D eigenvalue weighted by atomic mass is 32.2. The van der Waals surface area contributed by atoms with E-state index in [2.05, 4.69) is 13.8 Å². The Morgan fingerprint density at radius 3 is 1.25 bits per heavy atom. The third kappa shape index (κ3) is 25.9. The third-order valence-corrected chi connectivity index (χ3v) is 8.40. The van der Waals surface area contributed by atoms with E-state index < -0.39 is 16.4 Å². The average Bonchev–Trinajstić information content (AvgIpc) is 2.90. The summed E-state index contributed by atoms with van der Waals surface area (Å²) in [5.74, 6) is 0. The molecule has 0 fully saturated rings. The minimum absolute atomic E-state index is 0.178. The molecular formula is C33H63NO5S. The van der Waals surface area contributed by atoms with Gasteiger partial charge in [-0.2, -0.15) is 0 Å². The standard InChI is InChI=1S/C26H55NO2.C7H8O3S/c1-3-5-7-9-11-13-15-17-19-21-23-27(25-26(28)29)24-22-20-18-16-14-12-10-8-6-4-2;1-6-2-4-7(5-3-6)11(8,9)10/h26,28-29H,3-25H2,1-2H3;2-5H,1H3,(H,8,9,10). The number of rotatable bonds is 25. The Morgan fingerprint density at radius 2 is 0.950 bits per heavy atom. The summed E-state index contributed by atoms with van der Waals surface area (Å²) < 4.78 is 31.2. The van der Waals surface area contributed by atoms with E-state index in [-0.39, 0.29) is 4.90 Å². The summed E-state index contributed by atoms with van der Waals surface area (Å²) in [6.45, 7) is 9.07. The van der Waals surface area contributed by atoms with Crippen molar-refractivity contribution < 1.29 is 28.1 Å². The lowest BCUT2D eigenvalue weighted by atomic mass is 10.1. The van der Waals surface area contributed by atoms with Gasteiger partial charge in [-0.05, 0) is 44.7 Å². The van der Waals surface area contributed by atoms with Crippen LogP contribution >= 0.6 is 0 Å². The summed E-state index contributed by atoms with van der Waals surface area (Å²) in [7, 11) is -4.27. The Balaban J connectivity index is 0.00000114. The lowest BCUT2D eigenvalue weighted by Gasteiger charge is -2.20. The fourth-order valence-corrected chi connectivity index (χ4v) is 5.49. The molecule has 40 heavy (non-hydrogen) atoms. The topological polar surface area (TPSA) is 102 Å². The molecule has 0 aliphatic rings. The minimum atomic E-state index is -4.27. The van der Waals surface area contributed by atoms with Crippen LogP contribution in [0, 0.1) is 6.92 Å². The monoisotopic (exact) mass is 585 g/mol. The maximum Gasteiger partial charge on any atom is 0.202 e. The molecule has 0 heterocycles. The second kappa shape index (κ2) is 26.9. The van der Waals surface area contributed by atoms with Gasteiger partial charge in [-0.3, -0.25) is 0 Å². The maximum absolute atomic E-state index is 10.4. The zero-order valence-electron chi connectivity index (χ0n) is 26.2. The first kappa shape index (κ1) is 39.0. The van der Waals surface area contributed by atoms with Crippen molar-refractivity contribution in [2.75, 3.05) is 19.6 Å². The van der Waals surface area contributed by atoms with Crippen LogP contribution in [0.25, 0.3) is 0 Å². The van der Waals surface area contributed by atoms with E-state index in [1.165, 1.54) is 145 Å². The number of hydrogen-bond donors (Lipinski definition) is 3. The molecule has 0 aromatic heterocycles. The van der Waals surface area contributed by atoms with Crippen LogP contribution < -0.4 is 4.90 Å². The molecule has 1 aromatic rings. The van der Waals surface area contributed by atoms with Crippen molar-refractivity contribution in [2.24, 2.45) is 0 Å². The summed E-state index contributed by atoms with van der Waals surface area (Å²) in [6, 6.07) is 5.78. The zero-order valence-corrected chi connectivity index (χ0v) is 27.0. The smallest absolute Gasteiger partial charge is 0.202 e. The van der Waals surface area contributed by atoms with Gasteiger partial charge in [0.1, 0.15) is 16.7 Å². The summed E-state index contributed by atoms with van der Waals surface area (Å²) in [5, 5.41) is 18.8. The Hall–Kier alpha value is -0.990. The van der Waals surface area contributed by atoms with E-state index in [1.54, 1.807) is 12.1 Å². The van der Waals surface area contributed by atoms with Crippen molar-refractivity contribution in [3.8, 4) is 0 Å². The number of nitrogens with one attached hydrogen (secondary N) is 1. The predicted octanol–water partition coefficient (Wildman–Crippen LogP) is 6.92. The van der Waals surface area contributed by atoms with Crippen LogP contribution in [0.5, 0.6) is 0 Å². The second-order valence-electron chi connectivity index (χ2n) is 11.6. The van der Waals surface area contributed by atoms with Crippen LogP contribution in [-0.4, -0.2) is 49.1 Å². The van der Waals surface area contributed by atoms with Crippen molar-refractivity contribution in [2.45, 2.75) is 160 Å². The number of aliphatic hydroxyl groups excluding tert-OH is 1. The Morgan fingerprint density at radius 1 is 0.625 bits per heavy atom. The number of aryl methyl sites for hydroxylation is 1. The molecule has 1 rings (SSSR count). The van der Waals surface area contributed by atoms with Crippen molar-refractivity contribution in [1.29, 1.82) is 0 Å². The normalized spacial score (nSPS) is 11.7. The summed E-state index contributed by atoms with van der Waals surface area (Å²) in [6.07, 6.45) is 26.1. The van der Waals surface area contributed by atoms with Gasteiger partial charge in [-0.15, -0.1) is 0 Å². The lowest BCUT2D eigenvalue weighted by molar-refractivity contribution is -0.906. The van der Waals surface area contributed by atoms with E-state index in [0.717, 1.165) is 18.7 Å². The molecule has 0 bridgehead atoms. The van der Waals surface area contributed by atoms with Crippen LogP contribution in [0.3, 0.4) is 0 Å². The molecule has 3 N–H and O–H groups in total. The van der Waals surface area contributed by atoms with E-state index in [4.69, 9.17) is 0 Å². The SMILES string of the molecule is CCCCCCCCCCCC[NH+](CCCCCCCCCCCC)CC(O)O.Cc1ccc(S(=O)(=O)[O-])cc1. The largest absolute Gasteiger partial charge is 0.744 e. The van der Waals surface area contributed by atoms with Gasteiger partial charge in [0.15, 0.2) is 0 Å². The molecule has 1 aromatic carbocycles. The second-order valence-corrected chi connectivity index (χ2v) is 12.9. The van der Waals surface area contributed by atoms with Crippen LogP contribution in [0.1, 0.15) is 148 Å². The van der Waals surface area contributed by atoms with Crippen molar-refractivity contribution >= 4 is 10.1 Å². The van der Waals surface area contributed by atoms with Gasteiger partial charge in [0.2, 0.25) is 6.29 Å². The maximum atomic E-state index is 10.4. The van der Waals surface area contributed by atoms with Gasteiger partial charge in [0.05, 0.1) is 18.0 Å². The quantitative estimate of drug-likeness (QED) is 0.0656. The molecule has 0 aliphatic carbocycles. The van der Waals surface area contributed by atoms with E-state index in [9.17, 15) is 23.2 Å². The molecule has 0 unspecified atom stereocenters. The first-order valence-corrected chi connectivity index (χ1v) is 17.8. The third-order valence-electron chi connectivity index (χ3n) is 7.55. The Kier molecular flexibility index (Phi) is 26.2. The van der Waals surface area contributed by atoms with E-state index in [0.29, 0.717) is 6.54 Å². The Bertz CT molecular complexity index is 744. The molecule has 0 saturated heterocycles. The fourth-order valence-electron chi connectivity index (χ4n) is 5.02. The molecule has 0 radical (unpaired) electrons. The van der Waals surface area contributed by atoms with Crippen LogP contribution in [0.15, 0.2) is 29.2 Å². The highest BCUT2D eigenvalue weighted by Gasteiger charge is 2.12. The summed E-state index contributed by atoms with van der Waals surface area (Å²) in [4.78, 5) is 1.21. The van der Waals surface area contributed by atoms with Gasteiger partial charge >= 0.3 is 0 Å². The van der Waals surface area contributed by atoms with Gasteiger partial charge in [-0.25, -0.2) is 8.42 Å². The fraction of sp³-hybridized carbons (Fsp3) is 0.818. The van der Waals surface area contributed by atoms with Crippen molar-refractivity contribution in [3.63, 3.8) is 0 Å². The zero-order chi connectivity index (χ0) is 29.9. The lowest BCUT2D eigenvalue weighted by Crippen LogP contribution is -3.13. The van der Waals surface area contributed by atoms with Gasteiger partial charge < -0.3 is 19.7 Å². The van der Waals surface area contributed by atoms with Crippen LogP contribution in [-0.2, 0) is 10.1 Å². The molecule has 0 saturated carbocycles. The number of hydrogen-bond acceptors (Lipinski definition) is 5. The highest BCUT2D eigenvalue weighted by Crippen LogP contribution is 2.11.